The first-order chi connectivity index (χ1) is 8.57. The summed E-state index contributed by atoms with van der Waals surface area (Å²) in [6, 6.07) is 7.09. The van der Waals surface area contributed by atoms with E-state index in [4.69, 9.17) is 5.73 Å². The fraction of sp³-hybridized carbons (Fsp3) is 0.500. The highest BCUT2D eigenvalue weighted by Gasteiger charge is 2.31. The maximum Gasteiger partial charge on any atom is 0.243 e. The van der Waals surface area contributed by atoms with Crippen LogP contribution in [0.25, 0.3) is 0 Å². The molecule has 1 aromatic carbocycles. The van der Waals surface area contributed by atoms with Crippen LogP contribution in [-0.2, 0) is 10.0 Å². The predicted octanol–water partition coefficient (Wildman–Crippen LogP) is 1.38. The molecule has 1 heterocycles. The molecule has 0 radical (unpaired) electrons. The standard InChI is InChI=1S/C12H18N2O2S2/c1-17-11-3-2-4-12(7-11)18(15,16)14-6-5-10(8-13)9-14/h2-4,7,10H,5-6,8-9,13H2,1H3. The fourth-order valence-electron chi connectivity index (χ4n) is 2.12. The van der Waals surface area contributed by atoms with Crippen molar-refractivity contribution in [3.05, 3.63) is 24.3 Å². The summed E-state index contributed by atoms with van der Waals surface area (Å²) >= 11 is 1.54. The van der Waals surface area contributed by atoms with Gasteiger partial charge in [0, 0.05) is 18.0 Å². The van der Waals surface area contributed by atoms with Crippen LogP contribution in [-0.4, -0.2) is 38.6 Å². The number of nitrogens with two attached hydrogens (primary N) is 1. The molecule has 1 fully saturated rings. The molecule has 0 amide bonds. The van der Waals surface area contributed by atoms with Gasteiger partial charge in [-0.1, -0.05) is 6.07 Å². The number of sulfonamides is 1. The van der Waals surface area contributed by atoms with E-state index in [0.29, 0.717) is 30.4 Å². The van der Waals surface area contributed by atoms with Gasteiger partial charge in [0.05, 0.1) is 4.90 Å². The largest absolute Gasteiger partial charge is 0.330 e. The van der Waals surface area contributed by atoms with Gasteiger partial charge in [0.15, 0.2) is 0 Å². The smallest absolute Gasteiger partial charge is 0.243 e. The normalized spacial score (nSPS) is 21.3. The van der Waals surface area contributed by atoms with E-state index >= 15 is 0 Å². The minimum atomic E-state index is -3.35. The number of hydrogen-bond donors (Lipinski definition) is 1. The zero-order chi connectivity index (χ0) is 13.2. The molecule has 1 unspecified atom stereocenters. The topological polar surface area (TPSA) is 63.4 Å². The second-order valence-electron chi connectivity index (χ2n) is 4.43. The van der Waals surface area contributed by atoms with Crippen molar-refractivity contribution in [2.45, 2.75) is 16.2 Å². The highest BCUT2D eigenvalue weighted by molar-refractivity contribution is 7.98. The van der Waals surface area contributed by atoms with Crippen LogP contribution >= 0.6 is 11.8 Å². The van der Waals surface area contributed by atoms with Crippen LogP contribution < -0.4 is 5.73 Å². The molecule has 1 saturated heterocycles. The van der Waals surface area contributed by atoms with E-state index in [1.807, 2.05) is 12.3 Å². The molecule has 100 valence electrons. The summed E-state index contributed by atoms with van der Waals surface area (Å²) in [4.78, 5) is 1.35. The number of thioether (sulfide) groups is 1. The van der Waals surface area contributed by atoms with E-state index in [-0.39, 0.29) is 0 Å². The quantitative estimate of drug-likeness (QED) is 0.849. The summed E-state index contributed by atoms with van der Waals surface area (Å²) < 4.78 is 26.4. The van der Waals surface area contributed by atoms with Gasteiger partial charge in [-0.15, -0.1) is 11.8 Å². The summed E-state index contributed by atoms with van der Waals surface area (Å²) in [5.74, 6) is 0.295. The van der Waals surface area contributed by atoms with Gasteiger partial charge in [0.25, 0.3) is 0 Å². The van der Waals surface area contributed by atoms with Crippen LogP contribution in [0.15, 0.2) is 34.1 Å². The van der Waals surface area contributed by atoms with Crippen LogP contribution in [0.3, 0.4) is 0 Å². The minimum absolute atomic E-state index is 0.295. The number of hydrogen-bond acceptors (Lipinski definition) is 4. The van der Waals surface area contributed by atoms with E-state index in [9.17, 15) is 8.42 Å². The van der Waals surface area contributed by atoms with E-state index < -0.39 is 10.0 Å². The van der Waals surface area contributed by atoms with Gasteiger partial charge in [-0.3, -0.25) is 0 Å². The third kappa shape index (κ3) is 2.71. The van der Waals surface area contributed by atoms with Crippen molar-refractivity contribution in [1.82, 2.24) is 4.31 Å². The summed E-state index contributed by atoms with van der Waals surface area (Å²) in [6.45, 7) is 1.67. The molecule has 2 N–H and O–H groups in total. The number of nitrogens with zero attached hydrogens (tertiary/aromatic N) is 1. The van der Waals surface area contributed by atoms with Crippen LogP contribution in [0.2, 0.25) is 0 Å². The molecule has 0 aliphatic carbocycles. The van der Waals surface area contributed by atoms with Gasteiger partial charge in [0.2, 0.25) is 10.0 Å². The molecular weight excluding hydrogens is 268 g/mol. The Morgan fingerprint density at radius 3 is 2.89 bits per heavy atom. The fourth-order valence-corrected chi connectivity index (χ4v) is 4.23. The lowest BCUT2D eigenvalue weighted by Gasteiger charge is -2.16. The van der Waals surface area contributed by atoms with E-state index in [1.54, 1.807) is 34.3 Å². The second-order valence-corrected chi connectivity index (χ2v) is 7.25. The van der Waals surface area contributed by atoms with E-state index in [0.717, 1.165) is 11.3 Å². The zero-order valence-corrected chi connectivity index (χ0v) is 12.0. The monoisotopic (exact) mass is 286 g/mol. The van der Waals surface area contributed by atoms with Crippen molar-refractivity contribution < 1.29 is 8.42 Å². The van der Waals surface area contributed by atoms with Crippen LogP contribution in [0.4, 0.5) is 0 Å². The average Bonchev–Trinajstić information content (AvgIpc) is 2.88. The lowest BCUT2D eigenvalue weighted by molar-refractivity contribution is 0.459. The molecule has 0 saturated carbocycles. The van der Waals surface area contributed by atoms with E-state index in [2.05, 4.69) is 0 Å². The SMILES string of the molecule is CSc1cccc(S(=O)(=O)N2CCC(CN)C2)c1. The number of rotatable bonds is 4. The molecule has 1 aliphatic heterocycles. The third-order valence-electron chi connectivity index (χ3n) is 3.26. The summed E-state index contributed by atoms with van der Waals surface area (Å²) in [5, 5.41) is 0. The lowest BCUT2D eigenvalue weighted by atomic mass is 10.1. The Hall–Kier alpha value is -0.560. The Kier molecular flexibility index (Phi) is 4.32. The first kappa shape index (κ1) is 13.9. The highest BCUT2D eigenvalue weighted by Crippen LogP contribution is 2.26. The molecule has 0 bridgehead atoms. The Bertz CT molecular complexity index is 517. The van der Waals surface area contributed by atoms with Crippen molar-refractivity contribution in [3.8, 4) is 0 Å². The number of benzene rings is 1. The van der Waals surface area contributed by atoms with Crippen molar-refractivity contribution in [2.75, 3.05) is 25.9 Å². The maximum absolute atomic E-state index is 12.4. The highest BCUT2D eigenvalue weighted by atomic mass is 32.2. The van der Waals surface area contributed by atoms with Crippen molar-refractivity contribution >= 4 is 21.8 Å². The summed E-state index contributed by atoms with van der Waals surface area (Å²) in [6.07, 6.45) is 2.80. The van der Waals surface area contributed by atoms with Crippen LogP contribution in [0.5, 0.6) is 0 Å². The zero-order valence-electron chi connectivity index (χ0n) is 10.4. The minimum Gasteiger partial charge on any atom is -0.330 e. The molecule has 1 atom stereocenters. The lowest BCUT2D eigenvalue weighted by Crippen LogP contribution is -2.30. The molecular formula is C12H18N2O2S2. The van der Waals surface area contributed by atoms with Gasteiger partial charge in [-0.25, -0.2) is 8.42 Å². The maximum atomic E-state index is 12.4. The molecule has 0 spiro atoms. The van der Waals surface area contributed by atoms with Crippen molar-refractivity contribution in [3.63, 3.8) is 0 Å². The Labute approximate surface area is 113 Å². The predicted molar refractivity (Wildman–Crippen MR) is 74.1 cm³/mol. The molecule has 1 aromatic rings. The third-order valence-corrected chi connectivity index (χ3v) is 5.85. The molecule has 0 aromatic heterocycles. The van der Waals surface area contributed by atoms with Crippen molar-refractivity contribution in [1.29, 1.82) is 0 Å². The molecule has 18 heavy (non-hydrogen) atoms. The average molecular weight is 286 g/mol. The van der Waals surface area contributed by atoms with Gasteiger partial charge in [-0.05, 0) is 43.3 Å². The van der Waals surface area contributed by atoms with Gasteiger partial charge >= 0.3 is 0 Å². The molecule has 4 nitrogen and oxygen atoms in total. The molecule has 6 heteroatoms. The van der Waals surface area contributed by atoms with Gasteiger partial charge < -0.3 is 5.73 Å². The van der Waals surface area contributed by atoms with E-state index in [1.165, 1.54) is 0 Å². The second kappa shape index (κ2) is 5.61. The Morgan fingerprint density at radius 2 is 2.28 bits per heavy atom. The molecule has 1 aliphatic rings. The Balaban J connectivity index is 2.25. The first-order valence-electron chi connectivity index (χ1n) is 5.92. The van der Waals surface area contributed by atoms with Gasteiger partial charge in [0.1, 0.15) is 0 Å². The van der Waals surface area contributed by atoms with Gasteiger partial charge in [-0.2, -0.15) is 4.31 Å². The Morgan fingerprint density at radius 1 is 1.50 bits per heavy atom. The summed E-state index contributed by atoms with van der Waals surface area (Å²) in [7, 11) is -3.35. The summed E-state index contributed by atoms with van der Waals surface area (Å²) in [5.41, 5.74) is 5.60. The van der Waals surface area contributed by atoms with Crippen LogP contribution in [0.1, 0.15) is 6.42 Å². The molecule has 2 rings (SSSR count). The van der Waals surface area contributed by atoms with Crippen LogP contribution in [0, 0.1) is 5.92 Å². The first-order valence-corrected chi connectivity index (χ1v) is 8.58. The van der Waals surface area contributed by atoms with Crippen molar-refractivity contribution in [2.24, 2.45) is 11.7 Å².